The second kappa shape index (κ2) is 4.60. The third-order valence-electron chi connectivity index (χ3n) is 3.76. The van der Waals surface area contributed by atoms with Crippen LogP contribution in [0.1, 0.15) is 24.8 Å². The van der Waals surface area contributed by atoms with Crippen molar-refractivity contribution in [2.24, 2.45) is 5.92 Å². The number of rotatable bonds is 1. The SMILES string of the molecule is Clc1cc(C2=CC[C@@H]3CCN[C@@H]3C2)cnc1Cl. The van der Waals surface area contributed by atoms with Crippen LogP contribution in [0.4, 0.5) is 0 Å². The van der Waals surface area contributed by atoms with Gasteiger partial charge in [0.2, 0.25) is 0 Å². The zero-order valence-electron chi connectivity index (χ0n) is 9.42. The van der Waals surface area contributed by atoms with Gasteiger partial charge in [-0.05, 0) is 48.9 Å². The first-order valence-electron chi connectivity index (χ1n) is 5.98. The Morgan fingerprint density at radius 2 is 2.24 bits per heavy atom. The van der Waals surface area contributed by atoms with Crippen LogP contribution in [0.15, 0.2) is 18.3 Å². The minimum atomic E-state index is 0.378. The van der Waals surface area contributed by atoms with Crippen molar-refractivity contribution < 1.29 is 0 Å². The first kappa shape index (κ1) is 11.5. The maximum Gasteiger partial charge on any atom is 0.147 e. The van der Waals surface area contributed by atoms with Crippen LogP contribution in [0.3, 0.4) is 0 Å². The van der Waals surface area contributed by atoms with Crippen LogP contribution in [0.25, 0.3) is 5.57 Å². The molecule has 1 saturated heterocycles. The molecule has 1 aliphatic heterocycles. The monoisotopic (exact) mass is 268 g/mol. The number of pyridine rings is 1. The normalized spacial score (nSPS) is 27.8. The van der Waals surface area contributed by atoms with Crippen molar-refractivity contribution in [1.29, 1.82) is 0 Å². The predicted octanol–water partition coefficient (Wildman–Crippen LogP) is 3.54. The Kier molecular flexibility index (Phi) is 3.12. The molecule has 1 fully saturated rings. The summed E-state index contributed by atoms with van der Waals surface area (Å²) in [6.07, 6.45) is 7.68. The van der Waals surface area contributed by atoms with Crippen molar-refractivity contribution in [3.05, 3.63) is 34.1 Å². The number of nitrogens with one attached hydrogen (secondary N) is 1. The minimum Gasteiger partial charge on any atom is -0.313 e. The summed E-state index contributed by atoms with van der Waals surface area (Å²) in [6.45, 7) is 1.15. The van der Waals surface area contributed by atoms with E-state index in [0.717, 1.165) is 30.9 Å². The Morgan fingerprint density at radius 3 is 3.06 bits per heavy atom. The molecule has 2 nitrogen and oxygen atoms in total. The summed E-state index contributed by atoms with van der Waals surface area (Å²) in [5.74, 6) is 0.814. The van der Waals surface area contributed by atoms with Crippen LogP contribution in [-0.2, 0) is 0 Å². The number of aromatic nitrogens is 1. The highest BCUT2D eigenvalue weighted by Crippen LogP contribution is 2.35. The van der Waals surface area contributed by atoms with Gasteiger partial charge < -0.3 is 5.32 Å². The van der Waals surface area contributed by atoms with Crippen molar-refractivity contribution in [2.45, 2.75) is 25.3 Å². The molecule has 1 aromatic heterocycles. The van der Waals surface area contributed by atoms with Crippen molar-refractivity contribution in [3.8, 4) is 0 Å². The molecule has 1 N–H and O–H groups in total. The molecule has 1 aliphatic carbocycles. The summed E-state index contributed by atoms with van der Waals surface area (Å²) < 4.78 is 0. The Labute approximate surface area is 111 Å². The Hall–Kier alpha value is -0.570. The first-order valence-corrected chi connectivity index (χ1v) is 6.73. The van der Waals surface area contributed by atoms with Gasteiger partial charge in [-0.15, -0.1) is 0 Å². The quantitative estimate of drug-likeness (QED) is 0.789. The van der Waals surface area contributed by atoms with E-state index in [1.165, 1.54) is 12.0 Å². The van der Waals surface area contributed by atoms with E-state index >= 15 is 0 Å². The van der Waals surface area contributed by atoms with Crippen molar-refractivity contribution in [1.82, 2.24) is 10.3 Å². The molecule has 4 heteroatoms. The Balaban J connectivity index is 1.86. The van der Waals surface area contributed by atoms with Gasteiger partial charge in [0.15, 0.2) is 0 Å². The number of halogens is 2. The molecule has 1 aromatic rings. The average molecular weight is 269 g/mol. The number of hydrogen-bond acceptors (Lipinski definition) is 2. The van der Waals surface area contributed by atoms with E-state index < -0.39 is 0 Å². The molecule has 2 aliphatic rings. The van der Waals surface area contributed by atoms with E-state index in [4.69, 9.17) is 23.2 Å². The molecule has 0 saturated carbocycles. The lowest BCUT2D eigenvalue weighted by Crippen LogP contribution is -2.29. The van der Waals surface area contributed by atoms with Gasteiger partial charge >= 0.3 is 0 Å². The van der Waals surface area contributed by atoms with E-state index in [0.29, 0.717) is 16.2 Å². The van der Waals surface area contributed by atoms with E-state index in [1.54, 1.807) is 0 Å². The third-order valence-corrected chi connectivity index (χ3v) is 4.45. The molecule has 0 radical (unpaired) electrons. The molecule has 3 rings (SSSR count). The largest absolute Gasteiger partial charge is 0.313 e. The zero-order chi connectivity index (χ0) is 11.8. The van der Waals surface area contributed by atoms with Gasteiger partial charge in [0.05, 0.1) is 5.02 Å². The number of allylic oxidation sites excluding steroid dienone is 1. The standard InChI is InChI=1S/C13H14Cl2N2/c14-11-5-10(7-17-13(11)15)9-2-1-8-3-4-16-12(8)6-9/h2,5,7-8,12,16H,1,3-4,6H2/t8-,12-/m1/s1. The lowest BCUT2D eigenvalue weighted by Gasteiger charge is -2.25. The summed E-state index contributed by atoms with van der Waals surface area (Å²) in [4.78, 5) is 4.11. The van der Waals surface area contributed by atoms with E-state index in [1.807, 2.05) is 12.3 Å². The summed E-state index contributed by atoms with van der Waals surface area (Å²) in [5.41, 5.74) is 2.44. The molecule has 17 heavy (non-hydrogen) atoms. The molecule has 90 valence electrons. The highest BCUT2D eigenvalue weighted by Gasteiger charge is 2.30. The second-order valence-electron chi connectivity index (χ2n) is 4.78. The third kappa shape index (κ3) is 2.22. The van der Waals surface area contributed by atoms with Gasteiger partial charge in [0.1, 0.15) is 5.15 Å². The van der Waals surface area contributed by atoms with Gasteiger partial charge in [-0.25, -0.2) is 4.98 Å². The zero-order valence-corrected chi connectivity index (χ0v) is 10.9. The summed E-state index contributed by atoms with van der Waals surface area (Å²) in [7, 11) is 0. The Bertz CT molecular complexity index is 470. The summed E-state index contributed by atoms with van der Waals surface area (Å²) in [5, 5.41) is 4.48. The average Bonchev–Trinajstić information content (AvgIpc) is 2.79. The van der Waals surface area contributed by atoms with Crippen LogP contribution in [-0.4, -0.2) is 17.6 Å². The van der Waals surface area contributed by atoms with Gasteiger partial charge in [-0.3, -0.25) is 0 Å². The van der Waals surface area contributed by atoms with Crippen LogP contribution in [0, 0.1) is 5.92 Å². The van der Waals surface area contributed by atoms with Gasteiger partial charge in [0, 0.05) is 12.2 Å². The number of fused-ring (bicyclic) bond motifs is 1. The number of hydrogen-bond donors (Lipinski definition) is 1. The highest BCUT2D eigenvalue weighted by molar-refractivity contribution is 6.41. The van der Waals surface area contributed by atoms with E-state index in [-0.39, 0.29) is 0 Å². The van der Waals surface area contributed by atoms with E-state index in [9.17, 15) is 0 Å². The fourth-order valence-corrected chi connectivity index (χ4v) is 3.06. The molecule has 0 amide bonds. The van der Waals surface area contributed by atoms with Gasteiger partial charge in [-0.2, -0.15) is 0 Å². The molecule has 2 atom stereocenters. The molecule has 0 spiro atoms. The topological polar surface area (TPSA) is 24.9 Å². The van der Waals surface area contributed by atoms with E-state index in [2.05, 4.69) is 16.4 Å². The Morgan fingerprint density at radius 1 is 1.35 bits per heavy atom. The molecule has 0 unspecified atom stereocenters. The van der Waals surface area contributed by atoms with Crippen molar-refractivity contribution >= 4 is 28.8 Å². The van der Waals surface area contributed by atoms with Crippen molar-refractivity contribution in [2.75, 3.05) is 6.54 Å². The predicted molar refractivity (Wildman–Crippen MR) is 71.4 cm³/mol. The molecular formula is C13H14Cl2N2. The second-order valence-corrected chi connectivity index (χ2v) is 5.54. The maximum absolute atomic E-state index is 6.01. The number of nitrogens with zero attached hydrogens (tertiary/aromatic N) is 1. The molecule has 0 bridgehead atoms. The molecule has 2 heterocycles. The van der Waals surface area contributed by atoms with Gasteiger partial charge in [0.25, 0.3) is 0 Å². The summed E-state index contributed by atoms with van der Waals surface area (Å²) in [6, 6.07) is 2.54. The lowest BCUT2D eigenvalue weighted by molar-refractivity contribution is 0.445. The summed E-state index contributed by atoms with van der Waals surface area (Å²) >= 11 is 11.8. The highest BCUT2D eigenvalue weighted by atomic mass is 35.5. The first-order chi connectivity index (χ1) is 8.24. The van der Waals surface area contributed by atoms with Gasteiger partial charge in [-0.1, -0.05) is 29.3 Å². The lowest BCUT2D eigenvalue weighted by atomic mass is 9.84. The van der Waals surface area contributed by atoms with Crippen molar-refractivity contribution in [3.63, 3.8) is 0 Å². The van der Waals surface area contributed by atoms with Crippen LogP contribution < -0.4 is 5.32 Å². The molecule has 0 aromatic carbocycles. The smallest absolute Gasteiger partial charge is 0.147 e. The maximum atomic E-state index is 6.01. The fourth-order valence-electron chi connectivity index (χ4n) is 2.79. The minimum absolute atomic E-state index is 0.378. The van der Waals surface area contributed by atoms with Crippen LogP contribution >= 0.6 is 23.2 Å². The van der Waals surface area contributed by atoms with Crippen LogP contribution in [0.5, 0.6) is 0 Å². The fraction of sp³-hybridized carbons (Fsp3) is 0.462. The van der Waals surface area contributed by atoms with Crippen LogP contribution in [0.2, 0.25) is 10.2 Å². The molecular weight excluding hydrogens is 255 g/mol.